The summed E-state index contributed by atoms with van der Waals surface area (Å²) < 4.78 is 11.1. The first kappa shape index (κ1) is 23.3. The molecule has 1 aromatic rings. The molecule has 8 heteroatoms. The van der Waals surface area contributed by atoms with Gasteiger partial charge in [0.25, 0.3) is 5.91 Å². The molecule has 0 atom stereocenters. The Hall–Kier alpha value is -3.39. The van der Waals surface area contributed by atoms with Gasteiger partial charge in [-0.2, -0.15) is 0 Å². The van der Waals surface area contributed by atoms with Crippen LogP contribution in [0.3, 0.4) is 0 Å². The fourth-order valence-electron chi connectivity index (χ4n) is 3.57. The molecule has 0 bridgehead atoms. The largest absolute Gasteiger partial charge is 0.496 e. The highest BCUT2D eigenvalue weighted by Crippen LogP contribution is 2.42. The molecule has 0 aromatic heterocycles. The van der Waals surface area contributed by atoms with Crippen molar-refractivity contribution in [3.63, 3.8) is 0 Å². The summed E-state index contributed by atoms with van der Waals surface area (Å²) in [5, 5.41) is 2.88. The standard InChI is InChI=1S/C24H30N4O4/c1-5-17(8-6-9-22(29)27(2)3)24(30)26-21-16-18-20(31-4)11-10-19(23(18)25-21)28-12-7-14-32-15-13-28/h5-6,8-11H,1,7,12-16H2,2-4H3,(H,25,26,30)/b9-6+,17-8+. The minimum atomic E-state index is -0.336. The zero-order chi connectivity index (χ0) is 23.1. The summed E-state index contributed by atoms with van der Waals surface area (Å²) >= 11 is 0. The predicted octanol–water partition coefficient (Wildman–Crippen LogP) is 2.38. The van der Waals surface area contributed by atoms with Crippen LogP contribution in [-0.4, -0.2) is 70.1 Å². The van der Waals surface area contributed by atoms with E-state index in [9.17, 15) is 9.59 Å². The van der Waals surface area contributed by atoms with Crippen LogP contribution < -0.4 is 15.0 Å². The Bertz CT molecular complexity index is 970. The smallest absolute Gasteiger partial charge is 0.256 e. The average Bonchev–Trinajstić information content (AvgIpc) is 3.01. The fourth-order valence-corrected chi connectivity index (χ4v) is 3.57. The maximum Gasteiger partial charge on any atom is 0.256 e. The highest BCUT2D eigenvalue weighted by Gasteiger charge is 2.26. The van der Waals surface area contributed by atoms with E-state index in [2.05, 4.69) is 16.8 Å². The van der Waals surface area contributed by atoms with Crippen molar-refractivity contribution in [2.24, 2.45) is 4.99 Å². The Labute approximate surface area is 188 Å². The first-order valence-electron chi connectivity index (χ1n) is 10.6. The summed E-state index contributed by atoms with van der Waals surface area (Å²) in [6.45, 7) is 6.81. The van der Waals surface area contributed by atoms with E-state index in [1.165, 1.54) is 23.1 Å². The van der Waals surface area contributed by atoms with E-state index >= 15 is 0 Å². The van der Waals surface area contributed by atoms with Crippen LogP contribution in [0.15, 0.2) is 53.6 Å². The molecule has 2 aliphatic rings. The molecule has 0 unspecified atom stereocenters. The van der Waals surface area contributed by atoms with Gasteiger partial charge in [0, 0.05) is 57.4 Å². The number of hydrogen-bond donors (Lipinski definition) is 1. The van der Waals surface area contributed by atoms with Crippen molar-refractivity contribution in [3.05, 3.63) is 54.2 Å². The number of ether oxygens (including phenoxy) is 2. The molecule has 2 heterocycles. The second-order valence-electron chi connectivity index (χ2n) is 7.67. The molecule has 0 aliphatic carbocycles. The summed E-state index contributed by atoms with van der Waals surface area (Å²) in [4.78, 5) is 32.9. The van der Waals surface area contributed by atoms with Gasteiger partial charge < -0.3 is 24.6 Å². The number of benzene rings is 1. The summed E-state index contributed by atoms with van der Waals surface area (Å²) in [5.74, 6) is 0.784. The van der Waals surface area contributed by atoms with Gasteiger partial charge in [0.2, 0.25) is 5.91 Å². The highest BCUT2D eigenvalue weighted by molar-refractivity contribution is 6.11. The maximum absolute atomic E-state index is 12.8. The van der Waals surface area contributed by atoms with Gasteiger partial charge >= 0.3 is 0 Å². The van der Waals surface area contributed by atoms with Crippen molar-refractivity contribution in [2.75, 3.05) is 52.4 Å². The van der Waals surface area contributed by atoms with Gasteiger partial charge in [0.05, 0.1) is 25.1 Å². The molecule has 8 nitrogen and oxygen atoms in total. The van der Waals surface area contributed by atoms with Crippen LogP contribution >= 0.6 is 0 Å². The summed E-state index contributed by atoms with van der Waals surface area (Å²) in [7, 11) is 4.95. The van der Waals surface area contributed by atoms with Crippen LogP contribution in [0.4, 0.5) is 11.4 Å². The molecular formula is C24H30N4O4. The number of allylic oxidation sites excluding steroid dienone is 2. The van der Waals surface area contributed by atoms with Crippen molar-refractivity contribution >= 4 is 29.0 Å². The van der Waals surface area contributed by atoms with Crippen LogP contribution in [0.25, 0.3) is 0 Å². The molecule has 2 aliphatic heterocycles. The minimum absolute atomic E-state index is 0.167. The molecule has 1 aromatic carbocycles. The second-order valence-corrected chi connectivity index (χ2v) is 7.67. The van der Waals surface area contributed by atoms with Gasteiger partial charge in [-0.1, -0.05) is 18.7 Å². The fraction of sp³-hybridized carbons (Fsp3) is 0.375. The third kappa shape index (κ3) is 5.45. The number of anilines is 1. The lowest BCUT2D eigenvalue weighted by molar-refractivity contribution is -0.123. The van der Waals surface area contributed by atoms with E-state index in [1.807, 2.05) is 12.1 Å². The van der Waals surface area contributed by atoms with Gasteiger partial charge in [-0.25, -0.2) is 4.99 Å². The maximum atomic E-state index is 12.8. The molecule has 1 saturated heterocycles. The van der Waals surface area contributed by atoms with Gasteiger partial charge in [-0.15, -0.1) is 0 Å². The van der Waals surface area contributed by atoms with Gasteiger partial charge in [0.15, 0.2) is 0 Å². The third-order valence-corrected chi connectivity index (χ3v) is 5.29. The number of fused-ring (bicyclic) bond motifs is 1. The number of methoxy groups -OCH3 is 1. The number of amidine groups is 1. The molecular weight excluding hydrogens is 408 g/mol. The summed E-state index contributed by atoms with van der Waals surface area (Å²) in [6, 6.07) is 3.96. The van der Waals surface area contributed by atoms with Crippen LogP contribution in [0.5, 0.6) is 5.75 Å². The Kier molecular flexibility index (Phi) is 7.83. The minimum Gasteiger partial charge on any atom is -0.496 e. The van der Waals surface area contributed by atoms with Crippen molar-refractivity contribution in [1.29, 1.82) is 0 Å². The van der Waals surface area contributed by atoms with E-state index < -0.39 is 0 Å². The molecule has 2 amide bonds. The number of likely N-dealkylation sites (N-methyl/N-ethyl adjacent to an activating group) is 1. The summed E-state index contributed by atoms with van der Waals surface area (Å²) in [5.41, 5.74) is 3.12. The van der Waals surface area contributed by atoms with Crippen molar-refractivity contribution in [3.8, 4) is 5.75 Å². The molecule has 0 spiro atoms. The third-order valence-electron chi connectivity index (χ3n) is 5.29. The SMILES string of the molecule is C=C/C(=C\C=C\C(=O)N(C)C)C(=O)NC1=Nc2c(N3CCCOCC3)ccc(OC)c2C1. The van der Waals surface area contributed by atoms with Crippen LogP contribution in [0.1, 0.15) is 12.0 Å². The van der Waals surface area contributed by atoms with Crippen molar-refractivity contribution in [2.45, 2.75) is 12.8 Å². The monoisotopic (exact) mass is 438 g/mol. The molecule has 170 valence electrons. The topological polar surface area (TPSA) is 83.5 Å². The van der Waals surface area contributed by atoms with E-state index in [1.54, 1.807) is 27.3 Å². The van der Waals surface area contributed by atoms with E-state index in [4.69, 9.17) is 14.5 Å². The number of amides is 2. The first-order valence-corrected chi connectivity index (χ1v) is 10.6. The van der Waals surface area contributed by atoms with Crippen LogP contribution in [-0.2, 0) is 20.7 Å². The van der Waals surface area contributed by atoms with Gasteiger partial charge in [-0.05, 0) is 24.6 Å². The van der Waals surface area contributed by atoms with Crippen molar-refractivity contribution < 1.29 is 19.1 Å². The lowest BCUT2D eigenvalue weighted by Gasteiger charge is -2.24. The van der Waals surface area contributed by atoms with E-state index in [0.29, 0.717) is 24.4 Å². The Morgan fingerprint density at radius 3 is 2.81 bits per heavy atom. The number of nitrogens with zero attached hydrogens (tertiary/aromatic N) is 3. The molecule has 3 rings (SSSR count). The molecule has 1 N–H and O–H groups in total. The predicted molar refractivity (Wildman–Crippen MR) is 126 cm³/mol. The molecule has 1 fully saturated rings. The molecule has 32 heavy (non-hydrogen) atoms. The van der Waals surface area contributed by atoms with Crippen LogP contribution in [0.2, 0.25) is 0 Å². The number of carbonyl (C=O) groups is 2. The first-order chi connectivity index (χ1) is 15.4. The normalized spacial score (nSPS) is 16.3. The van der Waals surface area contributed by atoms with E-state index in [0.717, 1.165) is 48.8 Å². The average molecular weight is 439 g/mol. The summed E-state index contributed by atoms with van der Waals surface area (Å²) in [6.07, 6.45) is 7.34. The zero-order valence-electron chi connectivity index (χ0n) is 18.9. The van der Waals surface area contributed by atoms with Crippen LogP contribution in [0, 0.1) is 0 Å². The Morgan fingerprint density at radius 1 is 1.28 bits per heavy atom. The lowest BCUT2D eigenvalue weighted by Crippen LogP contribution is -2.31. The number of carbonyl (C=O) groups excluding carboxylic acids is 2. The highest BCUT2D eigenvalue weighted by atomic mass is 16.5. The van der Waals surface area contributed by atoms with Gasteiger partial charge in [0.1, 0.15) is 11.6 Å². The molecule has 0 saturated carbocycles. The number of rotatable bonds is 6. The Morgan fingerprint density at radius 2 is 2.09 bits per heavy atom. The van der Waals surface area contributed by atoms with E-state index in [-0.39, 0.29) is 11.8 Å². The second kappa shape index (κ2) is 10.8. The lowest BCUT2D eigenvalue weighted by atomic mass is 10.1. The zero-order valence-corrected chi connectivity index (χ0v) is 18.9. The number of aliphatic imine (C=N–C) groups is 1. The van der Waals surface area contributed by atoms with Gasteiger partial charge in [-0.3, -0.25) is 9.59 Å². The number of hydrogen-bond acceptors (Lipinski definition) is 6. The quantitative estimate of drug-likeness (QED) is 0.545. The molecule has 0 radical (unpaired) electrons. The Balaban J connectivity index is 1.80. The number of nitrogens with one attached hydrogen (secondary N) is 1. The van der Waals surface area contributed by atoms with Crippen molar-refractivity contribution in [1.82, 2.24) is 10.2 Å².